The van der Waals surface area contributed by atoms with Crippen molar-refractivity contribution in [2.75, 3.05) is 27.2 Å². The number of hydrogen-bond acceptors (Lipinski definition) is 3. The van der Waals surface area contributed by atoms with Crippen LogP contribution in [0.1, 0.15) is 6.42 Å². The topological polar surface area (TPSA) is 58.4 Å². The van der Waals surface area contributed by atoms with E-state index in [2.05, 4.69) is 10.2 Å². The Kier molecular flexibility index (Phi) is 3.05. The molecule has 1 fully saturated rings. The smallest absolute Gasteiger partial charge is 0.225 e. The second-order valence-electron chi connectivity index (χ2n) is 3.44. The number of hydrogen-bond donors (Lipinski definition) is 2. The molecule has 4 heteroatoms. The summed E-state index contributed by atoms with van der Waals surface area (Å²) in [6, 6.07) is 0.0288. The van der Waals surface area contributed by atoms with Crippen LogP contribution in [0.4, 0.5) is 0 Å². The first-order valence-corrected chi connectivity index (χ1v) is 4.31. The zero-order valence-corrected chi connectivity index (χ0v) is 7.71. The lowest BCUT2D eigenvalue weighted by atomic mass is 9.92. The van der Waals surface area contributed by atoms with Crippen LogP contribution in [0.15, 0.2) is 0 Å². The van der Waals surface area contributed by atoms with E-state index >= 15 is 0 Å². The Morgan fingerprint density at radius 1 is 1.67 bits per heavy atom. The highest BCUT2D eigenvalue weighted by Crippen LogP contribution is 2.13. The summed E-state index contributed by atoms with van der Waals surface area (Å²) in [5.74, 6) is 0.0304. The molecule has 1 aliphatic rings. The predicted octanol–water partition coefficient (Wildman–Crippen LogP) is -0.989. The molecule has 0 aromatic rings. The van der Waals surface area contributed by atoms with Crippen molar-refractivity contribution in [3.63, 3.8) is 0 Å². The SMILES string of the molecule is CNC(=O)C1CN(C)CC[C@H]1N. The van der Waals surface area contributed by atoms with E-state index in [0.29, 0.717) is 0 Å². The molecular formula is C8H17N3O. The third kappa shape index (κ3) is 1.95. The third-order valence-corrected chi connectivity index (χ3v) is 2.45. The molecule has 2 atom stereocenters. The Labute approximate surface area is 73.1 Å². The zero-order chi connectivity index (χ0) is 9.14. The van der Waals surface area contributed by atoms with Crippen molar-refractivity contribution in [3.05, 3.63) is 0 Å². The van der Waals surface area contributed by atoms with Gasteiger partial charge >= 0.3 is 0 Å². The van der Waals surface area contributed by atoms with Crippen molar-refractivity contribution >= 4 is 5.91 Å². The maximum Gasteiger partial charge on any atom is 0.225 e. The summed E-state index contributed by atoms with van der Waals surface area (Å²) >= 11 is 0. The number of nitrogens with two attached hydrogens (primary N) is 1. The lowest BCUT2D eigenvalue weighted by Crippen LogP contribution is -2.51. The minimum absolute atomic E-state index is 0.0288. The number of piperidine rings is 1. The summed E-state index contributed by atoms with van der Waals surface area (Å²) in [5.41, 5.74) is 5.83. The van der Waals surface area contributed by atoms with Gasteiger partial charge in [-0.1, -0.05) is 0 Å². The number of rotatable bonds is 1. The third-order valence-electron chi connectivity index (χ3n) is 2.45. The quantitative estimate of drug-likeness (QED) is 0.532. The fraction of sp³-hybridized carbons (Fsp3) is 0.875. The molecule has 0 aliphatic carbocycles. The number of carbonyl (C=O) groups is 1. The van der Waals surface area contributed by atoms with Gasteiger partial charge in [0, 0.05) is 19.6 Å². The number of nitrogens with zero attached hydrogens (tertiary/aromatic N) is 1. The van der Waals surface area contributed by atoms with E-state index in [1.165, 1.54) is 0 Å². The molecule has 70 valence electrons. The van der Waals surface area contributed by atoms with E-state index in [1.54, 1.807) is 7.05 Å². The normalized spacial score (nSPS) is 31.6. The zero-order valence-electron chi connectivity index (χ0n) is 7.71. The average Bonchev–Trinajstić information content (AvgIpc) is 2.08. The Morgan fingerprint density at radius 3 is 2.92 bits per heavy atom. The Bertz CT molecular complexity index is 172. The average molecular weight is 171 g/mol. The van der Waals surface area contributed by atoms with Crippen LogP contribution in [-0.2, 0) is 4.79 Å². The van der Waals surface area contributed by atoms with Gasteiger partial charge in [0.15, 0.2) is 0 Å². The summed E-state index contributed by atoms with van der Waals surface area (Å²) < 4.78 is 0. The second-order valence-corrected chi connectivity index (χ2v) is 3.44. The molecule has 1 aliphatic heterocycles. The first-order chi connectivity index (χ1) is 5.65. The second kappa shape index (κ2) is 3.87. The van der Waals surface area contributed by atoms with Crippen LogP contribution in [-0.4, -0.2) is 44.0 Å². The van der Waals surface area contributed by atoms with E-state index < -0.39 is 0 Å². The van der Waals surface area contributed by atoms with Gasteiger partial charge in [0.2, 0.25) is 5.91 Å². The highest BCUT2D eigenvalue weighted by Gasteiger charge is 2.29. The highest BCUT2D eigenvalue weighted by molar-refractivity contribution is 5.79. The molecule has 1 amide bonds. The number of nitrogens with one attached hydrogen (secondary N) is 1. The van der Waals surface area contributed by atoms with Crippen LogP contribution in [0, 0.1) is 5.92 Å². The molecule has 3 N–H and O–H groups in total. The molecule has 0 radical (unpaired) electrons. The van der Waals surface area contributed by atoms with Crippen molar-refractivity contribution in [3.8, 4) is 0 Å². The van der Waals surface area contributed by atoms with E-state index in [9.17, 15) is 4.79 Å². The van der Waals surface area contributed by atoms with Crippen molar-refractivity contribution in [2.45, 2.75) is 12.5 Å². The largest absolute Gasteiger partial charge is 0.359 e. The molecule has 4 nitrogen and oxygen atoms in total. The first kappa shape index (κ1) is 9.48. The van der Waals surface area contributed by atoms with Crippen LogP contribution in [0.2, 0.25) is 0 Å². The summed E-state index contributed by atoms with van der Waals surface area (Å²) in [5, 5.41) is 2.64. The molecule has 1 saturated heterocycles. The maximum absolute atomic E-state index is 11.3. The van der Waals surface area contributed by atoms with Gasteiger partial charge < -0.3 is 16.0 Å². The van der Waals surface area contributed by atoms with Crippen molar-refractivity contribution in [2.24, 2.45) is 11.7 Å². The fourth-order valence-electron chi connectivity index (χ4n) is 1.60. The van der Waals surface area contributed by atoms with Gasteiger partial charge in [-0.3, -0.25) is 4.79 Å². The summed E-state index contributed by atoms with van der Waals surface area (Å²) in [4.78, 5) is 13.4. The molecule has 0 saturated carbocycles. The van der Waals surface area contributed by atoms with E-state index in [-0.39, 0.29) is 17.9 Å². The highest BCUT2D eigenvalue weighted by atomic mass is 16.1. The lowest BCUT2D eigenvalue weighted by molar-refractivity contribution is -0.126. The van der Waals surface area contributed by atoms with Gasteiger partial charge in [-0.15, -0.1) is 0 Å². The minimum Gasteiger partial charge on any atom is -0.359 e. The molecule has 0 aromatic heterocycles. The molecule has 12 heavy (non-hydrogen) atoms. The van der Waals surface area contributed by atoms with Crippen molar-refractivity contribution in [1.82, 2.24) is 10.2 Å². The van der Waals surface area contributed by atoms with Gasteiger partial charge in [0.05, 0.1) is 5.92 Å². The molecular weight excluding hydrogens is 154 g/mol. The maximum atomic E-state index is 11.3. The Hall–Kier alpha value is -0.610. The van der Waals surface area contributed by atoms with Crippen molar-refractivity contribution < 1.29 is 4.79 Å². The van der Waals surface area contributed by atoms with E-state index in [4.69, 9.17) is 5.73 Å². The number of amides is 1. The van der Waals surface area contributed by atoms with Crippen LogP contribution in [0.5, 0.6) is 0 Å². The summed E-state index contributed by atoms with van der Waals surface area (Å²) in [6.45, 7) is 1.77. The Balaban J connectivity index is 2.54. The lowest BCUT2D eigenvalue weighted by Gasteiger charge is -2.33. The molecule has 1 rings (SSSR count). The first-order valence-electron chi connectivity index (χ1n) is 4.31. The van der Waals surface area contributed by atoms with Gasteiger partial charge in [-0.05, 0) is 20.0 Å². The standard InChI is InChI=1S/C8H17N3O/c1-10-8(12)6-5-11(2)4-3-7(6)9/h6-7H,3-5,9H2,1-2H3,(H,10,12)/t6?,7-/m1/s1. The minimum atomic E-state index is -0.0336. The van der Waals surface area contributed by atoms with Gasteiger partial charge in [-0.25, -0.2) is 0 Å². The Morgan fingerprint density at radius 2 is 2.33 bits per heavy atom. The van der Waals surface area contributed by atoms with Crippen LogP contribution < -0.4 is 11.1 Å². The van der Waals surface area contributed by atoms with Gasteiger partial charge in [0.25, 0.3) is 0 Å². The van der Waals surface area contributed by atoms with Crippen LogP contribution >= 0.6 is 0 Å². The monoisotopic (exact) mass is 171 g/mol. The molecule has 0 spiro atoms. The number of carbonyl (C=O) groups excluding carboxylic acids is 1. The van der Waals surface area contributed by atoms with Crippen LogP contribution in [0.3, 0.4) is 0 Å². The predicted molar refractivity (Wildman–Crippen MR) is 47.6 cm³/mol. The van der Waals surface area contributed by atoms with E-state index in [0.717, 1.165) is 19.5 Å². The summed E-state index contributed by atoms with van der Waals surface area (Å²) in [7, 11) is 3.67. The van der Waals surface area contributed by atoms with Crippen molar-refractivity contribution in [1.29, 1.82) is 0 Å². The number of likely N-dealkylation sites (tertiary alicyclic amines) is 1. The molecule has 1 heterocycles. The molecule has 0 bridgehead atoms. The molecule has 0 aromatic carbocycles. The molecule has 1 unspecified atom stereocenters. The van der Waals surface area contributed by atoms with Crippen LogP contribution in [0.25, 0.3) is 0 Å². The van der Waals surface area contributed by atoms with Gasteiger partial charge in [0.1, 0.15) is 0 Å². The van der Waals surface area contributed by atoms with E-state index in [1.807, 2.05) is 7.05 Å². The van der Waals surface area contributed by atoms with Gasteiger partial charge in [-0.2, -0.15) is 0 Å². The summed E-state index contributed by atoms with van der Waals surface area (Å²) in [6.07, 6.45) is 0.911. The fourth-order valence-corrected chi connectivity index (χ4v) is 1.60.